The van der Waals surface area contributed by atoms with Crippen LogP contribution in [0.3, 0.4) is 0 Å². The number of hydrogen-bond acceptors (Lipinski definition) is 2. The van der Waals surface area contributed by atoms with E-state index in [9.17, 15) is 14.0 Å². The van der Waals surface area contributed by atoms with Gasteiger partial charge in [-0.15, -0.1) is 0 Å². The summed E-state index contributed by atoms with van der Waals surface area (Å²) in [6.45, 7) is 5.14. The molecule has 0 N–H and O–H groups in total. The number of fused-ring (bicyclic) bond motifs is 1. The first kappa shape index (κ1) is 18.4. The maximum absolute atomic E-state index is 13.8. The third-order valence-corrected chi connectivity index (χ3v) is 6.02. The molecule has 0 bridgehead atoms. The van der Waals surface area contributed by atoms with Crippen molar-refractivity contribution in [1.82, 2.24) is 4.90 Å². The van der Waals surface area contributed by atoms with Gasteiger partial charge in [0.25, 0.3) is 0 Å². The Kier molecular flexibility index (Phi) is 4.75. The lowest BCUT2D eigenvalue weighted by atomic mass is 9.71. The Labute approximate surface area is 164 Å². The molecule has 144 valence electrons. The summed E-state index contributed by atoms with van der Waals surface area (Å²) in [5, 5.41) is 0. The van der Waals surface area contributed by atoms with Crippen LogP contribution in [0.5, 0.6) is 0 Å². The molecule has 4 rings (SSSR count). The Morgan fingerprint density at radius 2 is 1.75 bits per heavy atom. The third kappa shape index (κ3) is 3.01. The summed E-state index contributed by atoms with van der Waals surface area (Å²) >= 11 is 0. The number of carbonyl (C=O) groups is 2. The predicted octanol–water partition coefficient (Wildman–Crippen LogP) is 3.46. The molecule has 2 heterocycles. The van der Waals surface area contributed by atoms with Gasteiger partial charge in [0.15, 0.2) is 0 Å². The van der Waals surface area contributed by atoms with Gasteiger partial charge in [0, 0.05) is 25.3 Å². The van der Waals surface area contributed by atoms with Crippen molar-refractivity contribution in [3.05, 3.63) is 78.1 Å². The second kappa shape index (κ2) is 7.23. The number of nitrogens with zero attached hydrogens (tertiary/aromatic N) is 2. The van der Waals surface area contributed by atoms with Crippen molar-refractivity contribution in [2.45, 2.75) is 24.7 Å². The lowest BCUT2D eigenvalue weighted by Gasteiger charge is -2.42. The van der Waals surface area contributed by atoms with E-state index in [2.05, 4.69) is 6.58 Å². The van der Waals surface area contributed by atoms with Crippen molar-refractivity contribution in [3.8, 4) is 0 Å². The minimum Gasteiger partial charge on any atom is -0.339 e. The number of carbonyl (C=O) groups excluding carboxylic acids is 2. The minimum atomic E-state index is -0.685. The number of amides is 2. The fourth-order valence-electron chi connectivity index (χ4n) is 4.46. The molecule has 2 aliphatic rings. The van der Waals surface area contributed by atoms with E-state index in [1.807, 2.05) is 30.3 Å². The van der Waals surface area contributed by atoms with Crippen molar-refractivity contribution in [2.24, 2.45) is 0 Å². The number of halogens is 1. The second-order valence-electron chi connectivity index (χ2n) is 7.46. The highest BCUT2D eigenvalue weighted by atomic mass is 19.1. The van der Waals surface area contributed by atoms with Gasteiger partial charge in [-0.05, 0) is 54.7 Å². The molecule has 0 unspecified atom stereocenters. The molecule has 2 aromatic rings. The topological polar surface area (TPSA) is 40.6 Å². The maximum Gasteiger partial charge on any atom is 0.245 e. The van der Waals surface area contributed by atoms with Gasteiger partial charge in [-0.25, -0.2) is 4.39 Å². The van der Waals surface area contributed by atoms with Gasteiger partial charge >= 0.3 is 0 Å². The van der Waals surface area contributed by atoms with E-state index in [4.69, 9.17) is 0 Å². The van der Waals surface area contributed by atoms with E-state index in [-0.39, 0.29) is 17.6 Å². The summed E-state index contributed by atoms with van der Waals surface area (Å²) in [4.78, 5) is 29.4. The average Bonchev–Trinajstić information content (AvgIpc) is 3.16. The number of rotatable bonds is 3. The largest absolute Gasteiger partial charge is 0.339 e. The van der Waals surface area contributed by atoms with Crippen molar-refractivity contribution >= 4 is 17.5 Å². The van der Waals surface area contributed by atoms with E-state index in [1.54, 1.807) is 15.9 Å². The molecule has 0 saturated carbocycles. The van der Waals surface area contributed by atoms with Crippen LogP contribution in [0.4, 0.5) is 10.1 Å². The molecule has 0 aliphatic carbocycles. The second-order valence-corrected chi connectivity index (χ2v) is 7.46. The Morgan fingerprint density at radius 1 is 1.04 bits per heavy atom. The zero-order valence-corrected chi connectivity index (χ0v) is 15.7. The molecule has 0 spiro atoms. The van der Waals surface area contributed by atoms with Gasteiger partial charge in [0.05, 0.1) is 5.41 Å². The van der Waals surface area contributed by atoms with Crippen LogP contribution in [0.2, 0.25) is 0 Å². The number of benzene rings is 2. The highest BCUT2D eigenvalue weighted by Gasteiger charge is 2.46. The molecule has 28 heavy (non-hydrogen) atoms. The van der Waals surface area contributed by atoms with Crippen LogP contribution in [-0.4, -0.2) is 36.3 Å². The number of anilines is 1. The molecule has 2 aliphatic heterocycles. The monoisotopic (exact) mass is 378 g/mol. The molecular formula is C23H23FN2O2. The molecule has 1 fully saturated rings. The zero-order chi connectivity index (χ0) is 19.7. The van der Waals surface area contributed by atoms with Crippen LogP contribution in [0.25, 0.3) is 0 Å². The molecule has 5 heteroatoms. The smallest absolute Gasteiger partial charge is 0.245 e. The minimum absolute atomic E-state index is 0.0368. The molecular weight excluding hydrogens is 355 g/mol. The van der Waals surface area contributed by atoms with Crippen LogP contribution >= 0.6 is 0 Å². The van der Waals surface area contributed by atoms with Crippen LogP contribution in [0.1, 0.15) is 24.0 Å². The molecule has 0 radical (unpaired) electrons. The summed E-state index contributed by atoms with van der Waals surface area (Å²) < 4.78 is 13.6. The van der Waals surface area contributed by atoms with Gasteiger partial charge in [0.1, 0.15) is 5.82 Å². The third-order valence-electron chi connectivity index (χ3n) is 6.02. The van der Waals surface area contributed by atoms with Crippen LogP contribution in [-0.2, 0) is 21.4 Å². The van der Waals surface area contributed by atoms with Crippen molar-refractivity contribution in [3.63, 3.8) is 0 Å². The van der Waals surface area contributed by atoms with Crippen LogP contribution in [0.15, 0.2) is 61.2 Å². The van der Waals surface area contributed by atoms with Crippen molar-refractivity contribution in [2.75, 3.05) is 24.5 Å². The SMILES string of the molecule is C=CC(=O)N1CCC(C(=O)N2CCc3cc(F)ccc32)(c2ccccc2)CC1. The van der Waals surface area contributed by atoms with Gasteiger partial charge < -0.3 is 9.80 Å². The number of hydrogen-bond donors (Lipinski definition) is 0. The first-order valence-corrected chi connectivity index (χ1v) is 9.62. The highest BCUT2D eigenvalue weighted by Crippen LogP contribution is 2.40. The molecule has 1 saturated heterocycles. The Morgan fingerprint density at radius 3 is 2.43 bits per heavy atom. The molecule has 0 aromatic heterocycles. The summed E-state index contributed by atoms with van der Waals surface area (Å²) in [5.41, 5.74) is 1.96. The van der Waals surface area contributed by atoms with E-state index < -0.39 is 5.41 Å². The fraction of sp³-hybridized carbons (Fsp3) is 0.304. The number of piperidine rings is 1. The van der Waals surface area contributed by atoms with Gasteiger partial charge in [0.2, 0.25) is 11.8 Å². The Hall–Kier alpha value is -2.95. The normalized spacial score (nSPS) is 17.9. The van der Waals surface area contributed by atoms with Crippen molar-refractivity contribution in [1.29, 1.82) is 0 Å². The highest BCUT2D eigenvalue weighted by molar-refractivity contribution is 6.03. The van der Waals surface area contributed by atoms with E-state index in [0.29, 0.717) is 38.9 Å². The standard InChI is InChI=1S/C23H23FN2O2/c1-2-21(27)25-14-11-23(12-15-25,18-6-4-3-5-7-18)22(28)26-13-10-17-16-19(24)8-9-20(17)26/h2-9,16H,1,10-15H2. The fourth-order valence-corrected chi connectivity index (χ4v) is 4.46. The summed E-state index contributed by atoms with van der Waals surface area (Å²) in [6, 6.07) is 14.4. The zero-order valence-electron chi connectivity index (χ0n) is 15.7. The molecule has 2 aromatic carbocycles. The van der Waals surface area contributed by atoms with Crippen LogP contribution in [0, 0.1) is 5.82 Å². The summed E-state index contributed by atoms with van der Waals surface area (Å²) in [5.74, 6) is -0.340. The quantitative estimate of drug-likeness (QED) is 0.768. The maximum atomic E-state index is 13.8. The lowest BCUT2D eigenvalue weighted by Crippen LogP contribution is -2.53. The van der Waals surface area contributed by atoms with E-state index >= 15 is 0 Å². The predicted molar refractivity (Wildman–Crippen MR) is 107 cm³/mol. The Bertz CT molecular complexity index is 917. The average molecular weight is 378 g/mol. The van der Waals surface area contributed by atoms with Crippen LogP contribution < -0.4 is 4.90 Å². The first-order valence-electron chi connectivity index (χ1n) is 9.62. The van der Waals surface area contributed by atoms with Gasteiger partial charge in [-0.2, -0.15) is 0 Å². The van der Waals surface area contributed by atoms with E-state index in [0.717, 1.165) is 16.8 Å². The van der Waals surface area contributed by atoms with Gasteiger partial charge in [-0.3, -0.25) is 9.59 Å². The number of likely N-dealkylation sites (tertiary alicyclic amines) is 1. The lowest BCUT2D eigenvalue weighted by molar-refractivity contribution is -0.132. The van der Waals surface area contributed by atoms with Gasteiger partial charge in [-0.1, -0.05) is 36.9 Å². The first-order chi connectivity index (χ1) is 13.5. The van der Waals surface area contributed by atoms with E-state index in [1.165, 1.54) is 18.2 Å². The van der Waals surface area contributed by atoms with Crippen molar-refractivity contribution < 1.29 is 14.0 Å². The Balaban J connectivity index is 1.69. The summed E-state index contributed by atoms with van der Waals surface area (Å²) in [7, 11) is 0. The molecule has 2 amide bonds. The molecule has 4 nitrogen and oxygen atoms in total. The molecule has 0 atom stereocenters. The summed E-state index contributed by atoms with van der Waals surface area (Å²) in [6.07, 6.45) is 3.10.